The number of amides is 1. The van der Waals surface area contributed by atoms with Gasteiger partial charge in [0, 0.05) is 23.5 Å². The van der Waals surface area contributed by atoms with Crippen LogP contribution in [-0.2, 0) is 16.6 Å². The van der Waals surface area contributed by atoms with Crippen LogP contribution in [0.15, 0.2) is 75.1 Å². The first-order valence-corrected chi connectivity index (χ1v) is 15.2. The van der Waals surface area contributed by atoms with Gasteiger partial charge >= 0.3 is 0 Å². The predicted molar refractivity (Wildman–Crippen MR) is 146 cm³/mol. The molecule has 0 atom stereocenters. The number of sulfonamides is 1. The molecule has 36 heavy (non-hydrogen) atoms. The zero-order valence-electron chi connectivity index (χ0n) is 20.5. The summed E-state index contributed by atoms with van der Waals surface area (Å²) in [6.45, 7) is 4.94. The van der Waals surface area contributed by atoms with Gasteiger partial charge in [0.1, 0.15) is 5.76 Å². The number of nitrogens with zero attached hydrogens (tertiary/aromatic N) is 3. The third-order valence-electron chi connectivity index (χ3n) is 5.81. The van der Waals surface area contributed by atoms with Gasteiger partial charge in [-0.05, 0) is 61.2 Å². The Morgan fingerprint density at radius 1 is 1.08 bits per heavy atom. The van der Waals surface area contributed by atoms with Crippen LogP contribution in [0, 0.1) is 0 Å². The Hall–Kier alpha value is -2.66. The molecule has 190 valence electrons. The van der Waals surface area contributed by atoms with E-state index in [1.54, 1.807) is 41.1 Å². The molecule has 0 aliphatic heterocycles. The Morgan fingerprint density at radius 3 is 2.50 bits per heavy atom. The second-order valence-electron chi connectivity index (χ2n) is 8.15. The van der Waals surface area contributed by atoms with Gasteiger partial charge in [-0.2, -0.15) is 4.31 Å². The summed E-state index contributed by atoms with van der Waals surface area (Å²) < 4.78 is 34.2. The van der Waals surface area contributed by atoms with E-state index >= 15 is 0 Å². The van der Waals surface area contributed by atoms with E-state index < -0.39 is 10.0 Å². The number of carbonyl (C=O) groups is 1. The van der Waals surface area contributed by atoms with Crippen LogP contribution >= 0.6 is 23.1 Å². The first kappa shape index (κ1) is 26.4. The summed E-state index contributed by atoms with van der Waals surface area (Å²) in [5, 5.41) is 0.557. The fraction of sp³-hybridized carbons (Fsp3) is 0.308. The number of benzene rings is 2. The number of carbonyl (C=O) groups excluding carboxylic acids is 1. The maximum absolute atomic E-state index is 13.7. The van der Waals surface area contributed by atoms with Crippen molar-refractivity contribution in [1.29, 1.82) is 0 Å². The van der Waals surface area contributed by atoms with Crippen LogP contribution in [0.25, 0.3) is 10.2 Å². The number of rotatable bonds is 11. The van der Waals surface area contributed by atoms with Crippen LogP contribution in [0.5, 0.6) is 0 Å². The molecule has 4 rings (SSSR count). The minimum atomic E-state index is -3.62. The molecule has 1 amide bonds. The Balaban J connectivity index is 1.67. The van der Waals surface area contributed by atoms with Crippen molar-refractivity contribution < 1.29 is 17.6 Å². The molecule has 0 bridgehead atoms. The van der Waals surface area contributed by atoms with Crippen molar-refractivity contribution in [2.45, 2.75) is 43.0 Å². The van der Waals surface area contributed by atoms with Gasteiger partial charge in [0.05, 0.1) is 27.9 Å². The predicted octanol–water partition coefficient (Wildman–Crippen LogP) is 6.27. The van der Waals surface area contributed by atoms with E-state index in [0.29, 0.717) is 29.5 Å². The van der Waals surface area contributed by atoms with E-state index in [4.69, 9.17) is 9.40 Å². The highest BCUT2D eigenvalue weighted by molar-refractivity contribution is 7.98. The smallest absolute Gasteiger partial charge is 0.260 e. The van der Waals surface area contributed by atoms with Gasteiger partial charge in [0.15, 0.2) is 5.13 Å². The van der Waals surface area contributed by atoms with Crippen molar-refractivity contribution in [2.75, 3.05) is 24.2 Å². The van der Waals surface area contributed by atoms with Crippen molar-refractivity contribution in [1.82, 2.24) is 9.29 Å². The largest absolute Gasteiger partial charge is 0.467 e. The molecule has 2 aromatic carbocycles. The Labute approximate surface area is 220 Å². The standard InChI is InChI=1S/C26H29N3O4S3/c1-4-6-16-28(5-2)36(31,32)21-14-12-19(13-15-21)25(30)29(18-20-9-8-17-33-20)26-27-24-22(34-3)10-7-11-23(24)35-26/h7-15,17H,4-6,16,18H2,1-3H3. The average molecular weight is 544 g/mol. The van der Waals surface area contributed by atoms with Crippen LogP contribution in [-0.4, -0.2) is 43.0 Å². The SMILES string of the molecule is CCCCN(CC)S(=O)(=O)c1ccc(C(=O)N(Cc2ccco2)c2nc3c(SC)cccc3s2)cc1. The van der Waals surface area contributed by atoms with E-state index in [1.807, 2.05) is 44.4 Å². The molecule has 4 aromatic rings. The maximum Gasteiger partial charge on any atom is 0.260 e. The molecule has 2 aromatic heterocycles. The minimum Gasteiger partial charge on any atom is -0.467 e. The van der Waals surface area contributed by atoms with Gasteiger partial charge in [0.25, 0.3) is 5.91 Å². The molecule has 0 unspecified atom stereocenters. The number of aromatic nitrogens is 1. The Kier molecular flexibility index (Phi) is 8.50. The molecule has 0 fully saturated rings. The molecular formula is C26H29N3O4S3. The van der Waals surface area contributed by atoms with Crippen molar-refractivity contribution >= 4 is 54.4 Å². The highest BCUT2D eigenvalue weighted by atomic mass is 32.2. The number of anilines is 1. The van der Waals surface area contributed by atoms with Crippen LogP contribution in [0.2, 0.25) is 0 Å². The third kappa shape index (κ3) is 5.51. The van der Waals surface area contributed by atoms with Crippen LogP contribution in [0.3, 0.4) is 0 Å². The Morgan fingerprint density at radius 2 is 1.86 bits per heavy atom. The molecule has 0 spiro atoms. The molecule has 0 aliphatic carbocycles. The molecule has 0 N–H and O–H groups in total. The summed E-state index contributed by atoms with van der Waals surface area (Å²) in [5.74, 6) is 0.347. The van der Waals surface area contributed by atoms with Gasteiger partial charge in [-0.25, -0.2) is 13.4 Å². The maximum atomic E-state index is 13.7. The number of unbranched alkanes of at least 4 members (excludes halogenated alkanes) is 1. The zero-order chi connectivity index (χ0) is 25.7. The second-order valence-corrected chi connectivity index (χ2v) is 11.9. The first-order chi connectivity index (χ1) is 17.4. The highest BCUT2D eigenvalue weighted by Gasteiger charge is 2.26. The van der Waals surface area contributed by atoms with E-state index in [9.17, 15) is 13.2 Å². The Bertz CT molecular complexity index is 1410. The molecule has 7 nitrogen and oxygen atoms in total. The van der Waals surface area contributed by atoms with Gasteiger partial charge in [-0.15, -0.1) is 11.8 Å². The number of hydrogen-bond donors (Lipinski definition) is 0. The number of thioether (sulfide) groups is 1. The number of fused-ring (bicyclic) bond motifs is 1. The minimum absolute atomic E-state index is 0.180. The normalized spacial score (nSPS) is 11.9. The topological polar surface area (TPSA) is 83.7 Å². The summed E-state index contributed by atoms with van der Waals surface area (Å²) in [6, 6.07) is 15.7. The number of hydrogen-bond acceptors (Lipinski definition) is 7. The molecular weight excluding hydrogens is 515 g/mol. The summed E-state index contributed by atoms with van der Waals surface area (Å²) >= 11 is 3.05. The average Bonchev–Trinajstić information content (AvgIpc) is 3.57. The molecule has 10 heteroatoms. The molecule has 0 radical (unpaired) electrons. The number of furan rings is 1. The lowest BCUT2D eigenvalue weighted by Gasteiger charge is -2.21. The highest BCUT2D eigenvalue weighted by Crippen LogP contribution is 2.35. The van der Waals surface area contributed by atoms with Crippen LogP contribution in [0.4, 0.5) is 5.13 Å². The fourth-order valence-electron chi connectivity index (χ4n) is 3.83. The zero-order valence-corrected chi connectivity index (χ0v) is 23.0. The fourth-order valence-corrected chi connectivity index (χ4v) is 6.94. The lowest BCUT2D eigenvalue weighted by atomic mass is 10.2. The summed E-state index contributed by atoms with van der Waals surface area (Å²) in [6.07, 6.45) is 5.28. The molecule has 0 saturated carbocycles. The monoisotopic (exact) mass is 543 g/mol. The van der Waals surface area contributed by atoms with Crippen molar-refractivity contribution in [3.05, 3.63) is 72.2 Å². The van der Waals surface area contributed by atoms with Gasteiger partial charge in [-0.1, -0.05) is 37.7 Å². The van der Waals surface area contributed by atoms with Gasteiger partial charge in [0.2, 0.25) is 10.0 Å². The molecule has 0 aliphatic rings. The summed E-state index contributed by atoms with van der Waals surface area (Å²) in [4.78, 5) is 21.3. The van der Waals surface area contributed by atoms with E-state index in [2.05, 4.69) is 0 Å². The van der Waals surface area contributed by atoms with Gasteiger partial charge in [-0.3, -0.25) is 9.69 Å². The quantitative estimate of drug-likeness (QED) is 0.207. The second kappa shape index (κ2) is 11.6. The van der Waals surface area contributed by atoms with Crippen LogP contribution in [0.1, 0.15) is 42.8 Å². The lowest BCUT2D eigenvalue weighted by molar-refractivity contribution is 0.0983. The summed E-state index contributed by atoms with van der Waals surface area (Å²) in [5.41, 5.74) is 1.23. The third-order valence-corrected chi connectivity index (χ3v) is 9.61. The lowest BCUT2D eigenvalue weighted by Crippen LogP contribution is -2.32. The number of para-hydroxylation sites is 1. The van der Waals surface area contributed by atoms with Crippen molar-refractivity contribution in [3.8, 4) is 0 Å². The van der Waals surface area contributed by atoms with Crippen molar-refractivity contribution in [3.63, 3.8) is 0 Å². The molecule has 2 heterocycles. The first-order valence-electron chi connectivity index (χ1n) is 11.8. The van der Waals surface area contributed by atoms with Crippen molar-refractivity contribution in [2.24, 2.45) is 0 Å². The number of thiazole rings is 1. The summed E-state index contributed by atoms with van der Waals surface area (Å²) in [7, 11) is -3.62. The molecule has 0 saturated heterocycles. The van der Waals surface area contributed by atoms with Crippen LogP contribution < -0.4 is 4.90 Å². The van der Waals surface area contributed by atoms with E-state index in [-0.39, 0.29) is 17.3 Å². The van der Waals surface area contributed by atoms with E-state index in [1.165, 1.54) is 27.8 Å². The van der Waals surface area contributed by atoms with Gasteiger partial charge < -0.3 is 4.42 Å². The van der Waals surface area contributed by atoms with E-state index in [0.717, 1.165) is 28.0 Å².